The van der Waals surface area contributed by atoms with Gasteiger partial charge in [-0.1, -0.05) is 31.2 Å². The molecule has 5 nitrogen and oxygen atoms in total. The fourth-order valence-corrected chi connectivity index (χ4v) is 6.54. The van der Waals surface area contributed by atoms with Gasteiger partial charge in [0, 0.05) is 19.0 Å². The molecule has 5 rings (SSSR count). The molecule has 33 heavy (non-hydrogen) atoms. The lowest BCUT2D eigenvalue weighted by molar-refractivity contribution is -0.146. The molecule has 2 saturated carbocycles. The average Bonchev–Trinajstić information content (AvgIpc) is 3.40. The van der Waals surface area contributed by atoms with Gasteiger partial charge < -0.3 is 13.9 Å². The number of rotatable bonds is 7. The third-order valence-electron chi connectivity index (χ3n) is 8.30. The molecule has 1 aromatic heterocycles. The number of methoxy groups -OCH3 is 1. The number of fused-ring (bicyclic) bond motifs is 2. The molecular weight excluding hydrogens is 414 g/mol. The van der Waals surface area contributed by atoms with Crippen molar-refractivity contribution in [1.82, 2.24) is 4.90 Å². The summed E-state index contributed by atoms with van der Waals surface area (Å²) in [5, 5.41) is 0. The van der Waals surface area contributed by atoms with Crippen LogP contribution in [0.3, 0.4) is 0 Å². The molecule has 5 heteroatoms. The van der Waals surface area contributed by atoms with Crippen molar-refractivity contribution >= 4 is 5.97 Å². The third-order valence-corrected chi connectivity index (χ3v) is 8.30. The van der Waals surface area contributed by atoms with Crippen LogP contribution in [-0.2, 0) is 22.6 Å². The van der Waals surface area contributed by atoms with Crippen molar-refractivity contribution in [2.24, 2.45) is 23.2 Å². The molecule has 1 saturated heterocycles. The normalized spacial score (nSPS) is 31.2. The quantitative estimate of drug-likeness (QED) is 0.407. The molecule has 2 aromatic rings. The lowest BCUT2D eigenvalue weighted by Gasteiger charge is -2.50. The summed E-state index contributed by atoms with van der Waals surface area (Å²) in [5.74, 6) is 2.38. The van der Waals surface area contributed by atoms with E-state index in [-0.39, 0.29) is 29.3 Å². The van der Waals surface area contributed by atoms with Crippen LogP contribution in [0.2, 0.25) is 0 Å². The number of furan rings is 1. The van der Waals surface area contributed by atoms with Gasteiger partial charge in [0.2, 0.25) is 0 Å². The largest absolute Gasteiger partial charge is 0.497 e. The maximum Gasteiger partial charge on any atom is 0.310 e. The maximum atomic E-state index is 13.1. The van der Waals surface area contributed by atoms with Gasteiger partial charge in [0.05, 0.1) is 25.8 Å². The summed E-state index contributed by atoms with van der Waals surface area (Å²) in [5.41, 5.74) is 2.79. The highest BCUT2D eigenvalue weighted by Gasteiger charge is 2.55. The number of carbonyl (C=O) groups excluding carboxylic acids is 1. The first-order valence-corrected chi connectivity index (χ1v) is 12.2. The number of hydrogen-bond acceptors (Lipinski definition) is 5. The summed E-state index contributed by atoms with van der Waals surface area (Å²) in [6.45, 7) is 8.87. The zero-order valence-corrected chi connectivity index (χ0v) is 19.8. The first-order chi connectivity index (χ1) is 15.9. The second kappa shape index (κ2) is 9.02. The highest BCUT2D eigenvalue weighted by atomic mass is 16.6. The molecule has 0 radical (unpaired) electrons. The van der Waals surface area contributed by atoms with Gasteiger partial charge >= 0.3 is 5.97 Å². The summed E-state index contributed by atoms with van der Waals surface area (Å²) in [4.78, 5) is 15.4. The third kappa shape index (κ3) is 4.48. The predicted molar refractivity (Wildman–Crippen MR) is 126 cm³/mol. The molecule has 3 fully saturated rings. The van der Waals surface area contributed by atoms with Crippen molar-refractivity contribution in [2.45, 2.75) is 58.2 Å². The van der Waals surface area contributed by atoms with Crippen LogP contribution in [0.15, 0.2) is 59.2 Å². The molecule has 2 aliphatic carbocycles. The number of ether oxygens (including phenoxy) is 2. The van der Waals surface area contributed by atoms with Crippen LogP contribution in [0, 0.1) is 23.2 Å². The minimum absolute atomic E-state index is 0.0305. The first kappa shape index (κ1) is 22.3. The Labute approximate surface area is 196 Å². The molecular formula is C28H35NO4. The van der Waals surface area contributed by atoms with Crippen LogP contribution in [-0.4, -0.2) is 30.6 Å². The van der Waals surface area contributed by atoms with Gasteiger partial charge in [-0.3, -0.25) is 9.69 Å². The Morgan fingerprint density at radius 3 is 2.76 bits per heavy atom. The molecule has 1 aromatic carbocycles. The summed E-state index contributed by atoms with van der Waals surface area (Å²) < 4.78 is 17.0. The number of esters is 1. The van der Waals surface area contributed by atoms with E-state index in [1.54, 1.807) is 13.4 Å². The Hall–Kier alpha value is -2.53. The van der Waals surface area contributed by atoms with E-state index < -0.39 is 0 Å². The van der Waals surface area contributed by atoms with E-state index in [4.69, 9.17) is 13.9 Å². The Bertz CT molecular complexity index is 982. The van der Waals surface area contributed by atoms with E-state index in [0.717, 1.165) is 37.3 Å². The SMILES string of the molecule is C=C1CCC[C@]2(C)C[C@H]3OC(=O)[C@@H](CN(Cc4ccc(OC)cc4)Cc4ccco4)[C@@H]3C[C@@H]12. The minimum Gasteiger partial charge on any atom is -0.497 e. The minimum atomic E-state index is -0.109. The molecule has 2 heterocycles. The summed E-state index contributed by atoms with van der Waals surface area (Å²) in [7, 11) is 1.68. The van der Waals surface area contributed by atoms with E-state index in [0.29, 0.717) is 19.0 Å². The van der Waals surface area contributed by atoms with Crippen LogP contribution in [0.25, 0.3) is 0 Å². The van der Waals surface area contributed by atoms with E-state index in [1.165, 1.54) is 24.0 Å². The molecule has 0 spiro atoms. The van der Waals surface area contributed by atoms with Gasteiger partial charge in [0.1, 0.15) is 17.6 Å². The van der Waals surface area contributed by atoms with E-state index in [1.807, 2.05) is 24.3 Å². The topological polar surface area (TPSA) is 51.9 Å². The van der Waals surface area contributed by atoms with Gasteiger partial charge in [-0.15, -0.1) is 0 Å². The van der Waals surface area contributed by atoms with E-state index in [2.05, 4.69) is 30.5 Å². The maximum absolute atomic E-state index is 13.1. The Kier molecular flexibility index (Phi) is 6.09. The summed E-state index contributed by atoms with van der Waals surface area (Å²) >= 11 is 0. The first-order valence-electron chi connectivity index (χ1n) is 12.2. The Balaban J connectivity index is 1.35. The lowest BCUT2D eigenvalue weighted by Crippen LogP contribution is -2.45. The van der Waals surface area contributed by atoms with Crippen molar-refractivity contribution in [1.29, 1.82) is 0 Å². The summed E-state index contributed by atoms with van der Waals surface area (Å²) in [6, 6.07) is 12.0. The van der Waals surface area contributed by atoms with Crippen molar-refractivity contribution < 1.29 is 18.7 Å². The standard InChI is InChI=1S/C28H35NO4/c1-19-6-4-12-28(2)15-26-23(14-25(19)28)24(27(30)33-26)18-29(17-22-7-5-13-32-22)16-20-8-10-21(31-3)11-9-20/h5,7-11,13,23-26H,1,4,6,12,14-18H2,2-3H3/t23-,24-,25-,26+,28+/m0/s1. The molecule has 0 unspecified atom stereocenters. The molecule has 0 bridgehead atoms. The van der Waals surface area contributed by atoms with E-state index >= 15 is 0 Å². The smallest absolute Gasteiger partial charge is 0.310 e. The van der Waals surface area contributed by atoms with Crippen LogP contribution >= 0.6 is 0 Å². The van der Waals surface area contributed by atoms with Gasteiger partial charge in [-0.05, 0) is 73.3 Å². The number of allylic oxidation sites excluding steroid dienone is 1. The fraction of sp³-hybridized carbons (Fsp3) is 0.536. The number of carbonyl (C=O) groups is 1. The van der Waals surface area contributed by atoms with Gasteiger partial charge in [-0.2, -0.15) is 0 Å². The molecule has 0 N–H and O–H groups in total. The van der Waals surface area contributed by atoms with Crippen LogP contribution in [0.5, 0.6) is 5.75 Å². The van der Waals surface area contributed by atoms with Crippen molar-refractivity contribution in [3.8, 4) is 5.75 Å². The zero-order chi connectivity index (χ0) is 23.0. The second-order valence-corrected chi connectivity index (χ2v) is 10.5. The van der Waals surface area contributed by atoms with E-state index in [9.17, 15) is 4.79 Å². The molecule has 176 valence electrons. The van der Waals surface area contributed by atoms with Gasteiger partial charge in [0.25, 0.3) is 0 Å². The lowest BCUT2D eigenvalue weighted by atomic mass is 9.55. The fourth-order valence-electron chi connectivity index (χ4n) is 6.54. The summed E-state index contributed by atoms with van der Waals surface area (Å²) in [6.07, 6.45) is 7.29. The van der Waals surface area contributed by atoms with Crippen molar-refractivity contribution in [3.05, 3.63) is 66.1 Å². The number of nitrogens with zero attached hydrogens (tertiary/aromatic N) is 1. The Morgan fingerprint density at radius 1 is 1.21 bits per heavy atom. The molecule has 3 aliphatic rings. The molecule has 5 atom stereocenters. The number of hydrogen-bond donors (Lipinski definition) is 0. The van der Waals surface area contributed by atoms with Crippen LogP contribution in [0.4, 0.5) is 0 Å². The van der Waals surface area contributed by atoms with Crippen molar-refractivity contribution in [2.75, 3.05) is 13.7 Å². The molecule has 0 amide bonds. The second-order valence-electron chi connectivity index (χ2n) is 10.5. The van der Waals surface area contributed by atoms with Crippen LogP contribution in [0.1, 0.15) is 50.4 Å². The molecule has 1 aliphatic heterocycles. The van der Waals surface area contributed by atoms with Crippen LogP contribution < -0.4 is 4.74 Å². The van der Waals surface area contributed by atoms with Crippen molar-refractivity contribution in [3.63, 3.8) is 0 Å². The highest BCUT2D eigenvalue weighted by molar-refractivity contribution is 5.75. The zero-order valence-electron chi connectivity index (χ0n) is 19.8. The van der Waals surface area contributed by atoms with Gasteiger partial charge in [0.15, 0.2) is 0 Å². The Morgan fingerprint density at radius 2 is 2.03 bits per heavy atom. The monoisotopic (exact) mass is 449 g/mol. The number of benzene rings is 1. The average molecular weight is 450 g/mol. The predicted octanol–water partition coefficient (Wildman–Crippen LogP) is 5.60. The van der Waals surface area contributed by atoms with Gasteiger partial charge in [-0.25, -0.2) is 0 Å². The highest BCUT2D eigenvalue weighted by Crippen LogP contribution is 2.57.